The third-order valence-electron chi connectivity index (χ3n) is 4.89. The van der Waals surface area contributed by atoms with Gasteiger partial charge in [0.1, 0.15) is 23.7 Å². The van der Waals surface area contributed by atoms with Crippen LogP contribution in [0.3, 0.4) is 0 Å². The topological polar surface area (TPSA) is 56.5 Å². The number of halogens is 6. The van der Waals surface area contributed by atoms with Crippen LogP contribution in [0.25, 0.3) is 11.1 Å². The van der Waals surface area contributed by atoms with E-state index in [1.165, 1.54) is 12.1 Å². The van der Waals surface area contributed by atoms with Crippen molar-refractivity contribution < 1.29 is 26.3 Å². The zero-order valence-corrected chi connectivity index (χ0v) is 16.1. The van der Waals surface area contributed by atoms with Gasteiger partial charge in [-0.15, -0.1) is 5.10 Å². The minimum atomic E-state index is -3.73. The molecule has 1 unspecified atom stereocenters. The highest BCUT2D eigenvalue weighted by molar-refractivity contribution is 5.62. The van der Waals surface area contributed by atoms with Gasteiger partial charge >= 0.3 is 0 Å². The van der Waals surface area contributed by atoms with Gasteiger partial charge in [-0.05, 0) is 45.8 Å². The first-order valence-corrected chi connectivity index (χ1v) is 9.21. The maximum absolute atomic E-state index is 15.5. The first kappa shape index (κ1) is 21.5. The molecule has 4 rings (SSSR count). The highest BCUT2D eigenvalue weighted by Crippen LogP contribution is 2.43. The Kier molecular flexibility index (Phi) is 5.64. The summed E-state index contributed by atoms with van der Waals surface area (Å²) in [4.78, 5) is 3.78. The van der Waals surface area contributed by atoms with Crippen LogP contribution in [-0.2, 0) is 12.5 Å². The maximum atomic E-state index is 15.5. The van der Waals surface area contributed by atoms with E-state index in [4.69, 9.17) is 0 Å². The zero-order chi connectivity index (χ0) is 22.9. The predicted octanol–water partition coefficient (Wildman–Crippen LogP) is 4.87. The molecule has 4 aromatic rings. The van der Waals surface area contributed by atoms with E-state index < -0.39 is 52.9 Å². The van der Waals surface area contributed by atoms with Gasteiger partial charge in [0.15, 0.2) is 11.6 Å². The highest BCUT2D eigenvalue weighted by Gasteiger charge is 2.45. The van der Waals surface area contributed by atoms with Crippen LogP contribution in [0.5, 0.6) is 0 Å². The first-order chi connectivity index (χ1) is 15.3. The summed E-state index contributed by atoms with van der Waals surface area (Å²) in [7, 11) is 0. The summed E-state index contributed by atoms with van der Waals surface area (Å²) in [5.41, 5.74) is -0.640. The molecule has 5 nitrogen and oxygen atoms in total. The number of rotatable bonds is 6. The van der Waals surface area contributed by atoms with Crippen LogP contribution in [-0.4, -0.2) is 25.2 Å². The molecule has 0 aliphatic heterocycles. The number of alkyl halides is 2. The highest BCUT2D eigenvalue weighted by atomic mass is 19.3. The lowest BCUT2D eigenvalue weighted by atomic mass is 9.89. The van der Waals surface area contributed by atoms with Crippen LogP contribution in [0, 0.1) is 23.3 Å². The molecule has 0 aliphatic rings. The standard InChI is InChI=1S/C21H13F6N5/c22-14-3-4-15(18(24)8-14)16(10-32-11-29-30-31-32)21(26,27)20-6-2-13(9-28-20)12-1-5-17(23)19(25)7-12/h1-9,11,16H,10H2. The second kappa shape index (κ2) is 8.40. The Morgan fingerprint density at radius 2 is 1.62 bits per heavy atom. The molecule has 0 amide bonds. The molecule has 0 radical (unpaired) electrons. The van der Waals surface area contributed by atoms with Crippen molar-refractivity contribution in [1.82, 2.24) is 25.2 Å². The molecule has 164 valence electrons. The Morgan fingerprint density at radius 3 is 2.25 bits per heavy atom. The molecule has 2 aromatic carbocycles. The molecule has 0 fully saturated rings. The minimum absolute atomic E-state index is 0.237. The van der Waals surface area contributed by atoms with E-state index in [2.05, 4.69) is 20.5 Å². The molecular formula is C21H13F6N5. The molecule has 0 aliphatic carbocycles. The van der Waals surface area contributed by atoms with Gasteiger partial charge in [-0.1, -0.05) is 18.2 Å². The van der Waals surface area contributed by atoms with E-state index in [-0.39, 0.29) is 11.1 Å². The van der Waals surface area contributed by atoms with Crippen molar-refractivity contribution in [2.75, 3.05) is 0 Å². The van der Waals surface area contributed by atoms with Crippen LogP contribution in [0.2, 0.25) is 0 Å². The van der Waals surface area contributed by atoms with Crippen molar-refractivity contribution in [3.8, 4) is 11.1 Å². The average molecular weight is 449 g/mol. The van der Waals surface area contributed by atoms with Gasteiger partial charge < -0.3 is 0 Å². The van der Waals surface area contributed by atoms with Gasteiger partial charge in [-0.3, -0.25) is 4.98 Å². The fourth-order valence-corrected chi connectivity index (χ4v) is 3.26. The monoisotopic (exact) mass is 449 g/mol. The fraction of sp³-hybridized carbons (Fsp3) is 0.143. The molecule has 0 saturated heterocycles. The fourth-order valence-electron chi connectivity index (χ4n) is 3.26. The van der Waals surface area contributed by atoms with Crippen molar-refractivity contribution in [2.24, 2.45) is 0 Å². The second-order valence-corrected chi connectivity index (χ2v) is 6.93. The summed E-state index contributed by atoms with van der Waals surface area (Å²) in [5.74, 6) is -9.75. The van der Waals surface area contributed by atoms with Crippen LogP contribution in [0.4, 0.5) is 26.3 Å². The Bertz CT molecular complexity index is 1230. The molecule has 11 heteroatoms. The number of tetrazole rings is 1. The average Bonchev–Trinajstić information content (AvgIpc) is 3.28. The summed E-state index contributed by atoms with van der Waals surface area (Å²) in [6.07, 6.45) is 2.16. The molecule has 0 bridgehead atoms. The number of benzene rings is 2. The maximum Gasteiger partial charge on any atom is 0.298 e. The lowest BCUT2D eigenvalue weighted by molar-refractivity contribution is -0.0455. The summed E-state index contributed by atoms with van der Waals surface area (Å²) < 4.78 is 86.4. The van der Waals surface area contributed by atoms with Crippen molar-refractivity contribution >= 4 is 0 Å². The number of nitrogens with zero attached hydrogens (tertiary/aromatic N) is 5. The Labute approximate surface area is 177 Å². The second-order valence-electron chi connectivity index (χ2n) is 6.93. The lowest BCUT2D eigenvalue weighted by Crippen LogP contribution is -2.30. The van der Waals surface area contributed by atoms with Crippen LogP contribution in [0.1, 0.15) is 17.2 Å². The third-order valence-corrected chi connectivity index (χ3v) is 4.89. The molecule has 2 heterocycles. The van der Waals surface area contributed by atoms with E-state index in [1.807, 2.05) is 0 Å². The van der Waals surface area contributed by atoms with Gasteiger partial charge in [0.2, 0.25) is 0 Å². The molecule has 2 aromatic heterocycles. The SMILES string of the molecule is Fc1ccc(C(Cn2cnnn2)C(F)(F)c2ccc(-c3ccc(F)c(F)c3)cn2)c(F)c1. The number of hydrogen-bond donors (Lipinski definition) is 0. The first-order valence-electron chi connectivity index (χ1n) is 9.21. The Balaban J connectivity index is 1.72. The summed E-state index contributed by atoms with van der Waals surface area (Å²) in [6.45, 7) is -0.519. The van der Waals surface area contributed by atoms with Crippen LogP contribution >= 0.6 is 0 Å². The van der Waals surface area contributed by atoms with Crippen LogP contribution in [0.15, 0.2) is 61.1 Å². The van der Waals surface area contributed by atoms with Crippen molar-refractivity contribution in [3.63, 3.8) is 0 Å². The Morgan fingerprint density at radius 1 is 0.844 bits per heavy atom. The smallest absolute Gasteiger partial charge is 0.254 e. The largest absolute Gasteiger partial charge is 0.298 e. The number of pyridine rings is 1. The van der Waals surface area contributed by atoms with E-state index in [1.54, 1.807) is 0 Å². The Hall–Kier alpha value is -3.76. The van der Waals surface area contributed by atoms with Crippen LogP contribution < -0.4 is 0 Å². The molecule has 0 saturated carbocycles. The van der Waals surface area contributed by atoms with Gasteiger partial charge in [-0.2, -0.15) is 8.78 Å². The molecule has 0 spiro atoms. The molecule has 0 N–H and O–H groups in total. The van der Waals surface area contributed by atoms with E-state index in [0.29, 0.717) is 6.07 Å². The van der Waals surface area contributed by atoms with Crippen molar-refractivity contribution in [1.29, 1.82) is 0 Å². The number of hydrogen-bond acceptors (Lipinski definition) is 4. The van der Waals surface area contributed by atoms with Gasteiger partial charge in [0.05, 0.1) is 12.5 Å². The van der Waals surface area contributed by atoms with Crippen molar-refractivity contribution in [3.05, 3.63) is 95.6 Å². The van der Waals surface area contributed by atoms with E-state index in [0.717, 1.165) is 47.5 Å². The van der Waals surface area contributed by atoms with E-state index >= 15 is 8.78 Å². The predicted molar refractivity (Wildman–Crippen MR) is 100 cm³/mol. The molecule has 32 heavy (non-hydrogen) atoms. The third kappa shape index (κ3) is 4.18. The lowest BCUT2D eigenvalue weighted by Gasteiger charge is -2.27. The summed E-state index contributed by atoms with van der Waals surface area (Å²) >= 11 is 0. The molecular weight excluding hydrogens is 436 g/mol. The van der Waals surface area contributed by atoms with Gasteiger partial charge in [0, 0.05) is 17.8 Å². The number of aromatic nitrogens is 5. The van der Waals surface area contributed by atoms with E-state index in [9.17, 15) is 17.6 Å². The van der Waals surface area contributed by atoms with Crippen molar-refractivity contribution in [2.45, 2.75) is 18.4 Å². The van der Waals surface area contributed by atoms with Gasteiger partial charge in [0.25, 0.3) is 5.92 Å². The minimum Gasteiger partial charge on any atom is -0.254 e. The normalized spacial score (nSPS) is 12.7. The van der Waals surface area contributed by atoms with Gasteiger partial charge in [-0.25, -0.2) is 22.2 Å². The summed E-state index contributed by atoms with van der Waals surface area (Å²) in [5, 5.41) is 10.3. The zero-order valence-electron chi connectivity index (χ0n) is 16.1. The summed E-state index contributed by atoms with van der Waals surface area (Å²) in [6, 6.07) is 7.69. The molecule has 1 atom stereocenters. The quantitative estimate of drug-likeness (QED) is 0.395.